The van der Waals surface area contributed by atoms with Crippen molar-refractivity contribution in [1.29, 1.82) is 0 Å². The van der Waals surface area contributed by atoms with E-state index in [9.17, 15) is 5.11 Å². The summed E-state index contributed by atoms with van der Waals surface area (Å²) in [6.45, 7) is 6.21. The second kappa shape index (κ2) is 9.02. The van der Waals surface area contributed by atoms with Crippen molar-refractivity contribution in [1.82, 2.24) is 15.5 Å². The summed E-state index contributed by atoms with van der Waals surface area (Å²) in [6.07, 6.45) is 2.38. The molecule has 18 heavy (non-hydrogen) atoms. The second-order valence-electron chi connectivity index (χ2n) is 4.27. The minimum Gasteiger partial charge on any atom is -0.389 e. The van der Waals surface area contributed by atoms with Gasteiger partial charge in [0.2, 0.25) is 5.89 Å². The predicted molar refractivity (Wildman–Crippen MR) is 67.3 cm³/mol. The Hall–Kier alpha value is -0.980. The summed E-state index contributed by atoms with van der Waals surface area (Å²) >= 11 is 0. The molecule has 6 nitrogen and oxygen atoms in total. The summed E-state index contributed by atoms with van der Waals surface area (Å²) in [7, 11) is 0. The van der Waals surface area contributed by atoms with Gasteiger partial charge >= 0.3 is 0 Å². The van der Waals surface area contributed by atoms with Crippen LogP contribution in [0.15, 0.2) is 4.52 Å². The molecule has 0 saturated heterocycles. The number of unbranched alkanes of at least 4 members (excludes halogenated alkanes) is 1. The first kappa shape index (κ1) is 15.1. The van der Waals surface area contributed by atoms with Gasteiger partial charge in [-0.05, 0) is 6.42 Å². The van der Waals surface area contributed by atoms with E-state index in [1.165, 1.54) is 0 Å². The van der Waals surface area contributed by atoms with Crippen molar-refractivity contribution in [3.05, 3.63) is 11.7 Å². The maximum Gasteiger partial charge on any atom is 0.223 e. The van der Waals surface area contributed by atoms with Crippen molar-refractivity contribution in [2.75, 3.05) is 26.3 Å². The molecule has 1 rings (SSSR count). The van der Waals surface area contributed by atoms with Crippen LogP contribution in [0.25, 0.3) is 0 Å². The molecule has 0 saturated carbocycles. The van der Waals surface area contributed by atoms with Crippen LogP contribution in [-0.4, -0.2) is 47.7 Å². The van der Waals surface area contributed by atoms with Crippen LogP contribution in [-0.2, 0) is 11.2 Å². The molecular weight excluding hydrogens is 234 g/mol. The van der Waals surface area contributed by atoms with E-state index < -0.39 is 6.10 Å². The Kier molecular flexibility index (Phi) is 7.55. The summed E-state index contributed by atoms with van der Waals surface area (Å²) < 4.78 is 10.2. The van der Waals surface area contributed by atoms with Crippen LogP contribution >= 0.6 is 0 Å². The minimum atomic E-state index is -0.464. The lowest BCUT2D eigenvalue weighted by Crippen LogP contribution is -2.31. The molecule has 1 heterocycles. The lowest BCUT2D eigenvalue weighted by molar-refractivity contribution is 0.0360. The third-order valence-electron chi connectivity index (χ3n) is 2.43. The Morgan fingerprint density at radius 2 is 2.33 bits per heavy atom. The smallest absolute Gasteiger partial charge is 0.223 e. The summed E-state index contributed by atoms with van der Waals surface area (Å²) in [6, 6.07) is 0. The summed E-state index contributed by atoms with van der Waals surface area (Å²) in [4.78, 5) is 4.09. The lowest BCUT2D eigenvalue weighted by Gasteiger charge is -2.11. The van der Waals surface area contributed by atoms with Crippen LogP contribution in [0, 0.1) is 6.92 Å². The van der Waals surface area contributed by atoms with E-state index in [4.69, 9.17) is 9.26 Å². The Balaban J connectivity index is 1.96. The molecule has 0 aromatic carbocycles. The number of hydrogen-bond acceptors (Lipinski definition) is 6. The molecule has 0 aliphatic carbocycles. The van der Waals surface area contributed by atoms with E-state index in [0.717, 1.165) is 19.4 Å². The van der Waals surface area contributed by atoms with Gasteiger partial charge in [-0.3, -0.25) is 0 Å². The fourth-order valence-corrected chi connectivity index (χ4v) is 1.44. The molecule has 2 N–H and O–H groups in total. The third-order valence-corrected chi connectivity index (χ3v) is 2.43. The van der Waals surface area contributed by atoms with Crippen LogP contribution in [0.4, 0.5) is 0 Å². The van der Waals surface area contributed by atoms with Crippen LogP contribution < -0.4 is 5.32 Å². The standard InChI is InChI=1S/C12H23N3O3/c1-3-4-7-17-9-11(16)8-13-6-5-12-14-10(2)18-15-12/h11,13,16H,3-9H2,1-2H3. The first-order valence-corrected chi connectivity index (χ1v) is 6.48. The molecule has 0 radical (unpaired) electrons. The van der Waals surface area contributed by atoms with Gasteiger partial charge in [-0.1, -0.05) is 18.5 Å². The highest BCUT2D eigenvalue weighted by Crippen LogP contribution is 1.95. The van der Waals surface area contributed by atoms with Gasteiger partial charge < -0.3 is 19.7 Å². The topological polar surface area (TPSA) is 80.4 Å². The van der Waals surface area contributed by atoms with Crippen molar-refractivity contribution in [3.8, 4) is 0 Å². The van der Waals surface area contributed by atoms with Crippen molar-refractivity contribution in [3.63, 3.8) is 0 Å². The SMILES string of the molecule is CCCCOCC(O)CNCCc1noc(C)n1. The van der Waals surface area contributed by atoms with E-state index in [0.29, 0.717) is 37.8 Å². The fraction of sp³-hybridized carbons (Fsp3) is 0.833. The molecule has 0 aliphatic heterocycles. The number of hydrogen-bond donors (Lipinski definition) is 2. The Bertz CT molecular complexity index is 317. The van der Waals surface area contributed by atoms with Crippen LogP contribution in [0.5, 0.6) is 0 Å². The summed E-state index contributed by atoms with van der Waals surface area (Å²) in [5.74, 6) is 1.27. The molecule has 1 unspecified atom stereocenters. The molecule has 104 valence electrons. The Labute approximate surface area is 108 Å². The van der Waals surface area contributed by atoms with E-state index >= 15 is 0 Å². The highest BCUT2D eigenvalue weighted by molar-refractivity contribution is 4.84. The first-order valence-electron chi connectivity index (χ1n) is 6.48. The maximum absolute atomic E-state index is 9.61. The number of nitrogens with zero attached hydrogens (tertiary/aromatic N) is 2. The molecule has 1 aromatic heterocycles. The molecule has 0 amide bonds. The molecule has 0 aliphatic rings. The zero-order valence-corrected chi connectivity index (χ0v) is 11.2. The van der Waals surface area contributed by atoms with E-state index in [-0.39, 0.29) is 0 Å². The van der Waals surface area contributed by atoms with Gasteiger partial charge in [0.1, 0.15) is 0 Å². The monoisotopic (exact) mass is 257 g/mol. The molecule has 0 spiro atoms. The number of rotatable bonds is 10. The lowest BCUT2D eigenvalue weighted by atomic mass is 10.3. The Morgan fingerprint density at radius 1 is 1.50 bits per heavy atom. The normalized spacial score (nSPS) is 12.8. The predicted octanol–water partition coefficient (Wildman–Crippen LogP) is 0.688. The molecule has 0 fully saturated rings. The summed E-state index contributed by atoms with van der Waals surface area (Å²) in [5, 5.41) is 16.5. The Morgan fingerprint density at radius 3 is 3.00 bits per heavy atom. The number of aromatic nitrogens is 2. The fourth-order valence-electron chi connectivity index (χ4n) is 1.44. The number of aliphatic hydroxyl groups is 1. The van der Waals surface area contributed by atoms with Crippen LogP contribution in [0.2, 0.25) is 0 Å². The molecule has 1 aromatic rings. The molecular formula is C12H23N3O3. The van der Waals surface area contributed by atoms with Crippen LogP contribution in [0.1, 0.15) is 31.5 Å². The highest BCUT2D eigenvalue weighted by Gasteiger charge is 2.05. The maximum atomic E-state index is 9.61. The van der Waals surface area contributed by atoms with Gasteiger partial charge in [-0.25, -0.2) is 0 Å². The minimum absolute atomic E-state index is 0.383. The number of aliphatic hydroxyl groups excluding tert-OH is 1. The van der Waals surface area contributed by atoms with Gasteiger partial charge in [0.15, 0.2) is 5.82 Å². The number of aryl methyl sites for hydroxylation is 1. The average Bonchev–Trinajstić information content (AvgIpc) is 2.76. The van der Waals surface area contributed by atoms with E-state index in [1.807, 2.05) is 0 Å². The van der Waals surface area contributed by atoms with Gasteiger partial charge in [0, 0.05) is 33.0 Å². The number of ether oxygens (including phenoxy) is 1. The summed E-state index contributed by atoms with van der Waals surface area (Å²) in [5.41, 5.74) is 0. The average molecular weight is 257 g/mol. The van der Waals surface area contributed by atoms with Gasteiger partial charge in [-0.2, -0.15) is 4.98 Å². The molecule has 1 atom stereocenters. The quantitative estimate of drug-likeness (QED) is 0.600. The second-order valence-corrected chi connectivity index (χ2v) is 4.27. The van der Waals surface area contributed by atoms with Crippen molar-refractivity contribution >= 4 is 0 Å². The van der Waals surface area contributed by atoms with E-state index in [2.05, 4.69) is 22.4 Å². The van der Waals surface area contributed by atoms with Crippen molar-refractivity contribution < 1.29 is 14.4 Å². The first-order chi connectivity index (χ1) is 8.72. The van der Waals surface area contributed by atoms with Crippen molar-refractivity contribution in [2.45, 2.75) is 39.2 Å². The van der Waals surface area contributed by atoms with Gasteiger partial charge in [0.05, 0.1) is 12.7 Å². The largest absolute Gasteiger partial charge is 0.389 e. The third kappa shape index (κ3) is 6.68. The van der Waals surface area contributed by atoms with Gasteiger partial charge in [0.25, 0.3) is 0 Å². The molecule has 0 bridgehead atoms. The zero-order chi connectivity index (χ0) is 13.2. The molecule has 6 heteroatoms. The van der Waals surface area contributed by atoms with Crippen molar-refractivity contribution in [2.24, 2.45) is 0 Å². The van der Waals surface area contributed by atoms with Gasteiger partial charge in [-0.15, -0.1) is 0 Å². The van der Waals surface area contributed by atoms with E-state index in [1.54, 1.807) is 6.92 Å². The zero-order valence-electron chi connectivity index (χ0n) is 11.2. The number of nitrogens with one attached hydrogen (secondary N) is 1. The van der Waals surface area contributed by atoms with Crippen LogP contribution in [0.3, 0.4) is 0 Å². The highest BCUT2D eigenvalue weighted by atomic mass is 16.5.